The summed E-state index contributed by atoms with van der Waals surface area (Å²) < 4.78 is 10.6. The number of nitrogens with one attached hydrogen (secondary N) is 1. The van der Waals surface area contributed by atoms with Crippen LogP contribution >= 0.6 is 11.3 Å². The van der Waals surface area contributed by atoms with Gasteiger partial charge in [0.15, 0.2) is 0 Å². The third kappa shape index (κ3) is 3.75. The first-order chi connectivity index (χ1) is 8.97. The number of rotatable bonds is 8. The zero-order valence-corrected chi connectivity index (χ0v) is 13.7. The van der Waals surface area contributed by atoms with E-state index in [4.69, 9.17) is 14.5 Å². The molecule has 5 heteroatoms. The summed E-state index contributed by atoms with van der Waals surface area (Å²) in [5.74, 6) is 0.384. The van der Waals surface area contributed by atoms with Crippen molar-refractivity contribution in [2.75, 3.05) is 34.0 Å². The highest BCUT2D eigenvalue weighted by molar-refractivity contribution is 7.11. The lowest BCUT2D eigenvalue weighted by atomic mass is 9.87. The van der Waals surface area contributed by atoms with Crippen molar-refractivity contribution in [3.63, 3.8) is 0 Å². The fourth-order valence-electron chi connectivity index (χ4n) is 2.07. The third-order valence-corrected chi connectivity index (χ3v) is 4.76. The van der Waals surface area contributed by atoms with Gasteiger partial charge in [0.2, 0.25) is 0 Å². The van der Waals surface area contributed by atoms with Crippen LogP contribution in [0.2, 0.25) is 0 Å². The molecule has 0 fully saturated rings. The van der Waals surface area contributed by atoms with Crippen molar-refractivity contribution in [2.24, 2.45) is 5.92 Å². The van der Waals surface area contributed by atoms with Gasteiger partial charge in [-0.1, -0.05) is 13.8 Å². The predicted octanol–water partition coefficient (Wildman–Crippen LogP) is 2.49. The normalized spacial score (nSPS) is 14.9. The lowest BCUT2D eigenvalue weighted by Gasteiger charge is -2.36. The monoisotopic (exact) mass is 286 g/mol. The fraction of sp³-hybridized carbons (Fsp3) is 0.786. The molecule has 1 N–H and O–H groups in total. The van der Waals surface area contributed by atoms with E-state index in [1.165, 1.54) is 4.88 Å². The highest BCUT2D eigenvalue weighted by atomic mass is 32.1. The Morgan fingerprint density at radius 3 is 2.37 bits per heavy atom. The Balaban J connectivity index is 3.07. The lowest BCUT2D eigenvalue weighted by Crippen LogP contribution is -2.51. The summed E-state index contributed by atoms with van der Waals surface area (Å²) >= 11 is 1.75. The SMILES string of the molecule is COCCNC(COC)(c1nc(C)c(C)s1)C(C)C. The van der Waals surface area contributed by atoms with Gasteiger partial charge >= 0.3 is 0 Å². The van der Waals surface area contributed by atoms with Crippen LogP contribution in [-0.4, -0.2) is 39.0 Å². The molecule has 1 aromatic heterocycles. The summed E-state index contributed by atoms with van der Waals surface area (Å²) in [7, 11) is 3.45. The highest BCUT2D eigenvalue weighted by Crippen LogP contribution is 2.34. The van der Waals surface area contributed by atoms with E-state index in [0.29, 0.717) is 19.1 Å². The number of hydrogen-bond donors (Lipinski definition) is 1. The first-order valence-corrected chi connectivity index (χ1v) is 7.47. The molecular formula is C14H26N2O2S. The van der Waals surface area contributed by atoms with E-state index in [9.17, 15) is 0 Å². The van der Waals surface area contributed by atoms with Gasteiger partial charge in [0.25, 0.3) is 0 Å². The minimum atomic E-state index is -0.239. The minimum Gasteiger partial charge on any atom is -0.383 e. The van der Waals surface area contributed by atoms with Gasteiger partial charge < -0.3 is 14.8 Å². The van der Waals surface area contributed by atoms with Crippen LogP contribution in [0.15, 0.2) is 0 Å². The molecule has 0 aliphatic carbocycles. The van der Waals surface area contributed by atoms with Crippen LogP contribution < -0.4 is 5.32 Å². The second-order valence-electron chi connectivity index (χ2n) is 5.14. The summed E-state index contributed by atoms with van der Waals surface area (Å²) in [6, 6.07) is 0. The second-order valence-corrected chi connectivity index (χ2v) is 6.34. The molecule has 110 valence electrons. The standard InChI is InChI=1S/C14H26N2O2S/c1-10(2)14(9-18-6,15-7-8-17-5)13-16-11(3)12(4)19-13/h10,15H,7-9H2,1-6H3. The van der Waals surface area contributed by atoms with E-state index < -0.39 is 0 Å². The molecule has 0 aliphatic rings. The van der Waals surface area contributed by atoms with E-state index in [0.717, 1.165) is 17.2 Å². The average Bonchev–Trinajstić information content (AvgIpc) is 2.68. The Kier molecular flexibility index (Phi) is 6.39. The molecule has 1 atom stereocenters. The molecule has 1 heterocycles. The van der Waals surface area contributed by atoms with E-state index >= 15 is 0 Å². The second kappa shape index (κ2) is 7.33. The van der Waals surface area contributed by atoms with Gasteiger partial charge in [-0.3, -0.25) is 0 Å². The largest absolute Gasteiger partial charge is 0.383 e. The van der Waals surface area contributed by atoms with Crippen LogP contribution in [0, 0.1) is 19.8 Å². The van der Waals surface area contributed by atoms with Crippen molar-refractivity contribution in [1.29, 1.82) is 0 Å². The van der Waals surface area contributed by atoms with Crippen LogP contribution in [0.1, 0.15) is 29.4 Å². The molecule has 4 nitrogen and oxygen atoms in total. The van der Waals surface area contributed by atoms with Crippen molar-refractivity contribution in [3.05, 3.63) is 15.6 Å². The first kappa shape index (κ1) is 16.6. The molecule has 0 saturated heterocycles. The zero-order chi connectivity index (χ0) is 14.5. The zero-order valence-electron chi connectivity index (χ0n) is 12.9. The third-order valence-electron chi connectivity index (χ3n) is 3.51. The highest BCUT2D eigenvalue weighted by Gasteiger charge is 2.38. The molecule has 0 aromatic carbocycles. The minimum absolute atomic E-state index is 0.239. The average molecular weight is 286 g/mol. The smallest absolute Gasteiger partial charge is 0.116 e. The van der Waals surface area contributed by atoms with E-state index in [1.807, 2.05) is 0 Å². The van der Waals surface area contributed by atoms with Crippen LogP contribution in [-0.2, 0) is 15.0 Å². The Labute approximate surface area is 120 Å². The van der Waals surface area contributed by atoms with E-state index in [2.05, 4.69) is 33.0 Å². The molecule has 0 spiro atoms. The topological polar surface area (TPSA) is 43.4 Å². The molecular weight excluding hydrogens is 260 g/mol. The van der Waals surface area contributed by atoms with Crippen LogP contribution in [0.25, 0.3) is 0 Å². The van der Waals surface area contributed by atoms with Crippen LogP contribution in [0.4, 0.5) is 0 Å². The summed E-state index contributed by atoms with van der Waals surface area (Å²) in [5, 5.41) is 4.70. The predicted molar refractivity (Wildman–Crippen MR) is 79.9 cm³/mol. The van der Waals surface area contributed by atoms with Crippen LogP contribution in [0.5, 0.6) is 0 Å². The van der Waals surface area contributed by atoms with Gasteiger partial charge in [0.05, 0.1) is 24.4 Å². The number of methoxy groups -OCH3 is 2. The quantitative estimate of drug-likeness (QED) is 0.746. The van der Waals surface area contributed by atoms with Gasteiger partial charge in [0.1, 0.15) is 5.01 Å². The molecule has 0 radical (unpaired) electrons. The Morgan fingerprint density at radius 1 is 1.26 bits per heavy atom. The number of aryl methyl sites for hydroxylation is 2. The van der Waals surface area contributed by atoms with Gasteiger partial charge in [-0.15, -0.1) is 11.3 Å². The van der Waals surface area contributed by atoms with Crippen LogP contribution in [0.3, 0.4) is 0 Å². The van der Waals surface area contributed by atoms with Crippen molar-refractivity contribution < 1.29 is 9.47 Å². The summed E-state index contributed by atoms with van der Waals surface area (Å²) in [5.41, 5.74) is 0.867. The van der Waals surface area contributed by atoms with Gasteiger partial charge in [-0.2, -0.15) is 0 Å². The van der Waals surface area contributed by atoms with Gasteiger partial charge in [-0.05, 0) is 19.8 Å². The van der Waals surface area contributed by atoms with E-state index in [-0.39, 0.29) is 5.54 Å². The lowest BCUT2D eigenvalue weighted by molar-refractivity contribution is 0.0688. The molecule has 0 aliphatic heterocycles. The van der Waals surface area contributed by atoms with Gasteiger partial charge in [0, 0.05) is 25.6 Å². The molecule has 19 heavy (non-hydrogen) atoms. The summed E-state index contributed by atoms with van der Waals surface area (Å²) in [6.45, 7) is 10.7. The first-order valence-electron chi connectivity index (χ1n) is 6.65. The summed E-state index contributed by atoms with van der Waals surface area (Å²) in [4.78, 5) is 6.00. The van der Waals surface area contributed by atoms with E-state index in [1.54, 1.807) is 25.6 Å². The molecule has 0 amide bonds. The number of nitrogens with zero attached hydrogens (tertiary/aromatic N) is 1. The Morgan fingerprint density at radius 2 is 1.95 bits per heavy atom. The maximum atomic E-state index is 5.47. The van der Waals surface area contributed by atoms with Crippen molar-refractivity contribution in [3.8, 4) is 0 Å². The molecule has 0 bridgehead atoms. The van der Waals surface area contributed by atoms with Crippen molar-refractivity contribution in [2.45, 2.75) is 33.2 Å². The van der Waals surface area contributed by atoms with Gasteiger partial charge in [-0.25, -0.2) is 4.98 Å². The maximum absolute atomic E-state index is 5.47. The molecule has 1 aromatic rings. The number of thiazole rings is 1. The number of ether oxygens (including phenoxy) is 2. The Hall–Kier alpha value is -0.490. The number of hydrogen-bond acceptors (Lipinski definition) is 5. The maximum Gasteiger partial charge on any atom is 0.116 e. The molecule has 1 rings (SSSR count). The Bertz CT molecular complexity index is 373. The summed E-state index contributed by atoms with van der Waals surface area (Å²) in [6.07, 6.45) is 0. The van der Waals surface area contributed by atoms with Crippen molar-refractivity contribution >= 4 is 11.3 Å². The fourth-order valence-corrected chi connectivity index (χ4v) is 3.29. The van der Waals surface area contributed by atoms with Crippen molar-refractivity contribution in [1.82, 2.24) is 10.3 Å². The number of aromatic nitrogens is 1. The molecule has 0 saturated carbocycles. The molecule has 1 unspecified atom stereocenters.